The van der Waals surface area contributed by atoms with Crippen LogP contribution in [0.15, 0.2) is 48.8 Å². The Morgan fingerprint density at radius 2 is 2.00 bits per heavy atom. The summed E-state index contributed by atoms with van der Waals surface area (Å²) in [5.74, 6) is 0.923. The highest BCUT2D eigenvalue weighted by Gasteiger charge is 2.50. The summed E-state index contributed by atoms with van der Waals surface area (Å²) < 4.78 is 7.14. The van der Waals surface area contributed by atoms with Gasteiger partial charge in [-0.3, -0.25) is 4.79 Å². The van der Waals surface area contributed by atoms with Crippen LogP contribution in [0.3, 0.4) is 0 Å². The van der Waals surface area contributed by atoms with Gasteiger partial charge >= 0.3 is 0 Å². The van der Waals surface area contributed by atoms with Crippen molar-refractivity contribution in [2.45, 2.75) is 25.0 Å². The maximum atomic E-state index is 12.9. The zero-order valence-corrected chi connectivity index (χ0v) is 15.1. The van der Waals surface area contributed by atoms with Gasteiger partial charge in [-0.2, -0.15) is 0 Å². The van der Waals surface area contributed by atoms with E-state index in [9.17, 15) is 4.79 Å². The number of carbonyl (C=O) groups is 1. The van der Waals surface area contributed by atoms with Crippen LogP contribution in [-0.2, 0) is 17.8 Å². The van der Waals surface area contributed by atoms with Crippen molar-refractivity contribution in [3.8, 4) is 5.75 Å². The zero-order valence-electron chi connectivity index (χ0n) is 14.3. The second-order valence-corrected chi connectivity index (χ2v) is 7.17. The van der Waals surface area contributed by atoms with Gasteiger partial charge in [-0.1, -0.05) is 29.8 Å². The van der Waals surface area contributed by atoms with Crippen molar-refractivity contribution in [2.24, 2.45) is 0 Å². The highest BCUT2D eigenvalue weighted by Crippen LogP contribution is 2.45. The second-order valence-electron chi connectivity index (χ2n) is 6.74. The van der Waals surface area contributed by atoms with Crippen LogP contribution >= 0.6 is 11.6 Å². The first-order valence-corrected chi connectivity index (χ1v) is 9.11. The number of likely N-dealkylation sites (tertiary alicyclic amines) is 1. The third kappa shape index (κ3) is 2.75. The number of benzene rings is 2. The number of ether oxygens (including phenoxy) is 1. The Labute approximate surface area is 160 Å². The molecule has 1 amide bonds. The van der Waals surface area contributed by atoms with Crippen molar-refractivity contribution in [1.29, 1.82) is 0 Å². The molecule has 0 saturated carbocycles. The summed E-state index contributed by atoms with van der Waals surface area (Å²) in [6.07, 6.45) is 2.38. The average Bonchev–Trinajstić information content (AvgIpc) is 3.36. The number of amides is 1. The Morgan fingerprint density at radius 1 is 1.15 bits per heavy atom. The monoisotopic (exact) mass is 381 g/mol. The zero-order chi connectivity index (χ0) is 18.4. The predicted molar refractivity (Wildman–Crippen MR) is 97.2 cm³/mol. The SMILES string of the molecule is O=C1[C@H](n2cnnn2)[C@@H](c2ccc3c(c2)CCO3)N1Cc1ccc(Cl)cc1. The molecule has 8 heteroatoms. The third-order valence-electron chi connectivity index (χ3n) is 5.14. The van der Waals surface area contributed by atoms with E-state index in [0.29, 0.717) is 18.2 Å². The summed E-state index contributed by atoms with van der Waals surface area (Å²) in [5, 5.41) is 12.0. The average molecular weight is 382 g/mol. The second kappa shape index (κ2) is 6.35. The van der Waals surface area contributed by atoms with E-state index in [2.05, 4.69) is 21.6 Å². The fourth-order valence-electron chi connectivity index (χ4n) is 3.80. The van der Waals surface area contributed by atoms with Crippen LogP contribution in [0.4, 0.5) is 0 Å². The molecular weight excluding hydrogens is 366 g/mol. The predicted octanol–water partition coefficient (Wildman–Crippen LogP) is 2.59. The molecule has 2 aliphatic heterocycles. The Balaban J connectivity index is 1.50. The van der Waals surface area contributed by atoms with Crippen LogP contribution in [0.5, 0.6) is 5.75 Å². The molecule has 1 aromatic heterocycles. The molecule has 0 unspecified atom stereocenters. The largest absolute Gasteiger partial charge is 0.493 e. The molecular formula is C19H16ClN5O2. The van der Waals surface area contributed by atoms with Crippen molar-refractivity contribution >= 4 is 17.5 Å². The molecule has 2 aromatic carbocycles. The van der Waals surface area contributed by atoms with Crippen molar-refractivity contribution in [2.75, 3.05) is 6.61 Å². The van der Waals surface area contributed by atoms with Crippen molar-refractivity contribution in [1.82, 2.24) is 25.1 Å². The first kappa shape index (κ1) is 16.3. The quantitative estimate of drug-likeness (QED) is 0.649. The van der Waals surface area contributed by atoms with E-state index in [1.807, 2.05) is 41.3 Å². The minimum Gasteiger partial charge on any atom is -0.493 e. The van der Waals surface area contributed by atoms with Gasteiger partial charge in [0.2, 0.25) is 0 Å². The number of tetrazole rings is 1. The van der Waals surface area contributed by atoms with E-state index < -0.39 is 6.04 Å². The van der Waals surface area contributed by atoms with E-state index in [-0.39, 0.29) is 11.9 Å². The molecule has 0 N–H and O–H groups in total. The number of hydrogen-bond donors (Lipinski definition) is 0. The van der Waals surface area contributed by atoms with E-state index in [4.69, 9.17) is 16.3 Å². The van der Waals surface area contributed by atoms with E-state index in [1.54, 1.807) is 0 Å². The molecule has 0 radical (unpaired) electrons. The number of aromatic nitrogens is 4. The summed E-state index contributed by atoms with van der Waals surface area (Å²) >= 11 is 5.98. The lowest BCUT2D eigenvalue weighted by Gasteiger charge is -2.47. The molecule has 0 bridgehead atoms. The normalized spacial score (nSPS) is 20.9. The summed E-state index contributed by atoms with van der Waals surface area (Å²) in [5.41, 5.74) is 3.26. The molecule has 1 saturated heterocycles. The molecule has 7 nitrogen and oxygen atoms in total. The number of carbonyl (C=O) groups excluding carboxylic acids is 1. The molecule has 3 aromatic rings. The van der Waals surface area contributed by atoms with Crippen LogP contribution in [0.1, 0.15) is 28.8 Å². The summed E-state index contributed by atoms with van der Waals surface area (Å²) in [6.45, 7) is 1.21. The minimum absolute atomic E-state index is 0.000927. The number of β-lactam (4-membered cyclic amide) rings is 1. The Morgan fingerprint density at radius 3 is 2.78 bits per heavy atom. The van der Waals surface area contributed by atoms with Crippen molar-refractivity contribution in [3.63, 3.8) is 0 Å². The topological polar surface area (TPSA) is 73.1 Å². The standard InChI is InChI=1S/C19H16ClN5O2/c20-15-4-1-12(2-5-15)10-24-17(18(19(24)26)25-11-21-22-23-25)14-3-6-16-13(9-14)7-8-27-16/h1-6,9,11,17-18H,7-8,10H2/t17-,18-/m1/s1. The molecule has 0 aliphatic carbocycles. The molecule has 5 rings (SSSR count). The number of hydrogen-bond acceptors (Lipinski definition) is 5. The van der Waals surface area contributed by atoms with Crippen LogP contribution < -0.4 is 4.74 Å². The molecule has 2 atom stereocenters. The van der Waals surface area contributed by atoms with Gasteiger partial charge in [-0.05, 0) is 51.4 Å². The van der Waals surface area contributed by atoms with Gasteiger partial charge in [0.15, 0.2) is 6.04 Å². The molecule has 27 heavy (non-hydrogen) atoms. The van der Waals surface area contributed by atoms with E-state index in [1.165, 1.54) is 16.6 Å². The fourth-order valence-corrected chi connectivity index (χ4v) is 3.93. The molecule has 1 fully saturated rings. The number of fused-ring (bicyclic) bond motifs is 1. The van der Waals surface area contributed by atoms with Crippen molar-refractivity contribution < 1.29 is 9.53 Å². The van der Waals surface area contributed by atoms with Crippen LogP contribution in [0.25, 0.3) is 0 Å². The Hall–Kier alpha value is -2.93. The maximum Gasteiger partial charge on any atom is 0.251 e. The van der Waals surface area contributed by atoms with Gasteiger partial charge in [-0.15, -0.1) is 5.10 Å². The number of nitrogens with zero attached hydrogens (tertiary/aromatic N) is 5. The van der Waals surface area contributed by atoms with Gasteiger partial charge in [0.05, 0.1) is 12.6 Å². The highest BCUT2D eigenvalue weighted by molar-refractivity contribution is 6.30. The smallest absolute Gasteiger partial charge is 0.251 e. The van der Waals surface area contributed by atoms with Gasteiger partial charge in [-0.25, -0.2) is 4.68 Å². The maximum absolute atomic E-state index is 12.9. The fraction of sp³-hybridized carbons (Fsp3) is 0.263. The summed E-state index contributed by atoms with van der Waals surface area (Å²) in [4.78, 5) is 14.8. The molecule has 136 valence electrons. The first-order valence-electron chi connectivity index (χ1n) is 8.74. The van der Waals surface area contributed by atoms with Gasteiger partial charge in [0.25, 0.3) is 5.91 Å². The van der Waals surface area contributed by atoms with E-state index in [0.717, 1.165) is 23.3 Å². The lowest BCUT2D eigenvalue weighted by atomic mass is 9.87. The summed E-state index contributed by atoms with van der Waals surface area (Å²) in [6, 6.07) is 13.1. The Bertz CT molecular complexity index is 990. The molecule has 2 aliphatic rings. The van der Waals surface area contributed by atoms with Crippen molar-refractivity contribution in [3.05, 3.63) is 70.5 Å². The highest BCUT2D eigenvalue weighted by atomic mass is 35.5. The first-order chi connectivity index (χ1) is 13.2. The van der Waals surface area contributed by atoms with E-state index >= 15 is 0 Å². The van der Waals surface area contributed by atoms with Gasteiger partial charge in [0.1, 0.15) is 12.1 Å². The van der Waals surface area contributed by atoms with Gasteiger partial charge in [0, 0.05) is 18.0 Å². The third-order valence-corrected chi connectivity index (χ3v) is 5.39. The van der Waals surface area contributed by atoms with Crippen LogP contribution in [0.2, 0.25) is 5.02 Å². The Kier molecular flexibility index (Phi) is 3.82. The van der Waals surface area contributed by atoms with Gasteiger partial charge < -0.3 is 9.64 Å². The minimum atomic E-state index is -0.437. The summed E-state index contributed by atoms with van der Waals surface area (Å²) in [7, 11) is 0. The number of rotatable bonds is 4. The molecule has 0 spiro atoms. The number of halogens is 1. The lowest BCUT2D eigenvalue weighted by molar-refractivity contribution is -0.157. The molecule has 3 heterocycles. The van der Waals surface area contributed by atoms with Crippen LogP contribution in [-0.4, -0.2) is 37.6 Å². The lowest BCUT2D eigenvalue weighted by Crippen LogP contribution is -2.55. The van der Waals surface area contributed by atoms with Crippen LogP contribution in [0, 0.1) is 0 Å².